The van der Waals surface area contributed by atoms with E-state index in [4.69, 9.17) is 4.74 Å². The van der Waals surface area contributed by atoms with Gasteiger partial charge in [-0.15, -0.1) is 0 Å². The molecular formula is C19H29N3O. The Kier molecular flexibility index (Phi) is 4.79. The van der Waals surface area contributed by atoms with Gasteiger partial charge < -0.3 is 15.0 Å². The third-order valence-corrected chi connectivity index (χ3v) is 5.29. The molecule has 2 aliphatic rings. The Labute approximate surface area is 139 Å². The maximum absolute atomic E-state index is 5.57. The maximum Gasteiger partial charge on any atom is 0.193 e. The van der Waals surface area contributed by atoms with Gasteiger partial charge in [0.15, 0.2) is 5.96 Å². The summed E-state index contributed by atoms with van der Waals surface area (Å²) in [5, 5.41) is 3.63. The summed E-state index contributed by atoms with van der Waals surface area (Å²) in [6.45, 7) is 5.49. The molecule has 1 aliphatic carbocycles. The monoisotopic (exact) mass is 315 g/mol. The number of hydrogen-bond acceptors (Lipinski definition) is 2. The lowest BCUT2D eigenvalue weighted by atomic mass is 9.95. The Morgan fingerprint density at radius 3 is 2.83 bits per heavy atom. The van der Waals surface area contributed by atoms with Gasteiger partial charge in [0.25, 0.3) is 0 Å². The Balaban J connectivity index is 1.67. The fourth-order valence-electron chi connectivity index (χ4n) is 3.74. The number of para-hydroxylation sites is 1. The fraction of sp³-hybridized carbons (Fsp3) is 0.632. The van der Waals surface area contributed by atoms with Crippen LogP contribution in [0.4, 0.5) is 0 Å². The number of guanidine groups is 1. The summed E-state index contributed by atoms with van der Waals surface area (Å²) in [6.07, 6.45) is 5.03. The minimum absolute atomic E-state index is 0.212. The SMILES string of the molecule is CN=C(NCC1(c2ccccc2OC)CC1)N1CCCC(C)C1. The topological polar surface area (TPSA) is 36.9 Å². The molecule has 23 heavy (non-hydrogen) atoms. The summed E-state index contributed by atoms with van der Waals surface area (Å²) < 4.78 is 5.57. The molecule has 1 aromatic carbocycles. The number of rotatable bonds is 4. The summed E-state index contributed by atoms with van der Waals surface area (Å²) in [5.74, 6) is 2.82. The number of likely N-dealkylation sites (tertiary alicyclic amines) is 1. The quantitative estimate of drug-likeness (QED) is 0.685. The highest BCUT2D eigenvalue weighted by Gasteiger charge is 2.46. The highest BCUT2D eigenvalue weighted by molar-refractivity contribution is 5.80. The van der Waals surface area contributed by atoms with Crippen LogP contribution in [-0.4, -0.2) is 44.7 Å². The zero-order valence-corrected chi connectivity index (χ0v) is 14.6. The normalized spacial score (nSPS) is 23.5. The molecule has 1 aliphatic heterocycles. The van der Waals surface area contributed by atoms with Gasteiger partial charge in [-0.25, -0.2) is 0 Å². The van der Waals surface area contributed by atoms with E-state index in [0.29, 0.717) is 0 Å². The first kappa shape index (κ1) is 16.2. The Bertz CT molecular complexity index is 565. The molecule has 1 saturated carbocycles. The van der Waals surface area contributed by atoms with E-state index >= 15 is 0 Å². The molecule has 1 heterocycles. The lowest BCUT2D eigenvalue weighted by Crippen LogP contribution is -2.48. The first-order valence-electron chi connectivity index (χ1n) is 8.77. The van der Waals surface area contributed by atoms with Crippen LogP contribution >= 0.6 is 0 Å². The van der Waals surface area contributed by atoms with E-state index in [2.05, 4.69) is 40.3 Å². The van der Waals surface area contributed by atoms with Crippen LogP contribution in [-0.2, 0) is 5.41 Å². The molecule has 4 heteroatoms. The van der Waals surface area contributed by atoms with Crippen LogP contribution < -0.4 is 10.1 Å². The molecular weight excluding hydrogens is 286 g/mol. The molecule has 1 saturated heterocycles. The van der Waals surface area contributed by atoms with Crippen molar-refractivity contribution >= 4 is 5.96 Å². The Hall–Kier alpha value is -1.71. The van der Waals surface area contributed by atoms with Crippen molar-refractivity contribution in [2.75, 3.05) is 33.8 Å². The van der Waals surface area contributed by atoms with Crippen molar-refractivity contribution in [2.45, 2.75) is 38.0 Å². The molecule has 1 atom stereocenters. The summed E-state index contributed by atoms with van der Waals surface area (Å²) in [4.78, 5) is 6.92. The van der Waals surface area contributed by atoms with Gasteiger partial charge in [0.05, 0.1) is 7.11 Å². The van der Waals surface area contributed by atoms with Crippen molar-refractivity contribution in [3.8, 4) is 5.75 Å². The summed E-state index contributed by atoms with van der Waals surface area (Å²) in [5.41, 5.74) is 1.54. The van der Waals surface area contributed by atoms with Crippen LogP contribution in [0.2, 0.25) is 0 Å². The number of methoxy groups -OCH3 is 1. The Morgan fingerprint density at radius 2 is 2.17 bits per heavy atom. The third-order valence-electron chi connectivity index (χ3n) is 5.29. The van der Waals surface area contributed by atoms with E-state index in [1.54, 1.807) is 7.11 Å². The summed E-state index contributed by atoms with van der Waals surface area (Å²) in [7, 11) is 3.65. The van der Waals surface area contributed by atoms with Crippen molar-refractivity contribution in [1.82, 2.24) is 10.2 Å². The number of piperidine rings is 1. The standard InChI is InChI=1S/C19H29N3O/c1-15-7-6-12-22(13-15)18(20-2)21-14-19(10-11-19)16-8-4-5-9-17(16)23-3/h4-5,8-9,15H,6-7,10-14H2,1-3H3,(H,20,21). The second-order valence-corrected chi connectivity index (χ2v) is 7.07. The predicted octanol–water partition coefficient (Wildman–Crippen LogP) is 3.03. The van der Waals surface area contributed by atoms with Gasteiger partial charge in [-0.1, -0.05) is 25.1 Å². The van der Waals surface area contributed by atoms with Gasteiger partial charge in [-0.3, -0.25) is 4.99 Å². The molecule has 0 spiro atoms. The van der Waals surface area contributed by atoms with E-state index < -0.39 is 0 Å². The van der Waals surface area contributed by atoms with Crippen LogP contribution in [0.15, 0.2) is 29.3 Å². The number of benzene rings is 1. The predicted molar refractivity (Wildman–Crippen MR) is 95.2 cm³/mol. The molecule has 0 aromatic heterocycles. The zero-order chi connectivity index (χ0) is 16.3. The largest absolute Gasteiger partial charge is 0.496 e. The van der Waals surface area contributed by atoms with Crippen molar-refractivity contribution in [2.24, 2.45) is 10.9 Å². The van der Waals surface area contributed by atoms with E-state index in [1.165, 1.54) is 31.2 Å². The van der Waals surface area contributed by atoms with Gasteiger partial charge in [0.2, 0.25) is 0 Å². The number of hydrogen-bond donors (Lipinski definition) is 1. The number of nitrogens with zero attached hydrogens (tertiary/aromatic N) is 2. The average Bonchev–Trinajstić information content (AvgIpc) is 3.36. The third kappa shape index (κ3) is 3.46. The molecule has 1 N–H and O–H groups in total. The van der Waals surface area contributed by atoms with Crippen LogP contribution in [0.25, 0.3) is 0 Å². The molecule has 126 valence electrons. The van der Waals surface area contributed by atoms with Crippen molar-refractivity contribution in [3.05, 3.63) is 29.8 Å². The molecule has 1 aromatic rings. The van der Waals surface area contributed by atoms with Crippen LogP contribution in [0.1, 0.15) is 38.2 Å². The van der Waals surface area contributed by atoms with Crippen LogP contribution in [0, 0.1) is 5.92 Å². The molecule has 1 unspecified atom stereocenters. The number of aliphatic imine (C=N–C) groups is 1. The van der Waals surface area contributed by atoms with Crippen LogP contribution in [0.3, 0.4) is 0 Å². The molecule has 0 bridgehead atoms. The highest BCUT2D eigenvalue weighted by atomic mass is 16.5. The maximum atomic E-state index is 5.57. The van der Waals surface area contributed by atoms with E-state index in [0.717, 1.165) is 37.3 Å². The van der Waals surface area contributed by atoms with Crippen LogP contribution in [0.5, 0.6) is 5.75 Å². The first-order valence-corrected chi connectivity index (χ1v) is 8.77. The Morgan fingerprint density at radius 1 is 1.39 bits per heavy atom. The zero-order valence-electron chi connectivity index (χ0n) is 14.6. The molecule has 0 amide bonds. The van der Waals surface area contributed by atoms with E-state index in [9.17, 15) is 0 Å². The van der Waals surface area contributed by atoms with Gasteiger partial charge >= 0.3 is 0 Å². The van der Waals surface area contributed by atoms with E-state index in [-0.39, 0.29) is 5.41 Å². The van der Waals surface area contributed by atoms with Gasteiger partial charge in [-0.2, -0.15) is 0 Å². The smallest absolute Gasteiger partial charge is 0.193 e. The molecule has 4 nitrogen and oxygen atoms in total. The number of nitrogens with one attached hydrogen (secondary N) is 1. The van der Waals surface area contributed by atoms with Gasteiger partial charge in [-0.05, 0) is 37.7 Å². The van der Waals surface area contributed by atoms with Crippen molar-refractivity contribution in [1.29, 1.82) is 0 Å². The fourth-order valence-corrected chi connectivity index (χ4v) is 3.74. The average molecular weight is 315 g/mol. The second kappa shape index (κ2) is 6.81. The first-order chi connectivity index (χ1) is 11.2. The number of ether oxygens (including phenoxy) is 1. The lowest BCUT2D eigenvalue weighted by molar-refractivity contribution is 0.265. The minimum Gasteiger partial charge on any atom is -0.496 e. The summed E-state index contributed by atoms with van der Waals surface area (Å²) in [6, 6.07) is 8.43. The van der Waals surface area contributed by atoms with Crippen molar-refractivity contribution < 1.29 is 4.74 Å². The second-order valence-electron chi connectivity index (χ2n) is 7.07. The lowest BCUT2D eigenvalue weighted by Gasteiger charge is -2.34. The molecule has 2 fully saturated rings. The van der Waals surface area contributed by atoms with Gasteiger partial charge in [0, 0.05) is 37.7 Å². The molecule has 0 radical (unpaired) electrons. The van der Waals surface area contributed by atoms with Gasteiger partial charge in [0.1, 0.15) is 5.75 Å². The molecule has 3 rings (SSSR count). The van der Waals surface area contributed by atoms with E-state index in [1.807, 2.05) is 13.1 Å². The summed E-state index contributed by atoms with van der Waals surface area (Å²) >= 11 is 0. The minimum atomic E-state index is 0.212. The highest BCUT2D eigenvalue weighted by Crippen LogP contribution is 2.50. The van der Waals surface area contributed by atoms with Crippen molar-refractivity contribution in [3.63, 3.8) is 0 Å².